The summed E-state index contributed by atoms with van der Waals surface area (Å²) in [5, 5.41) is 19.0. The van der Waals surface area contributed by atoms with E-state index < -0.39 is 4.92 Å². The first-order chi connectivity index (χ1) is 15.0. The summed E-state index contributed by atoms with van der Waals surface area (Å²) in [5.74, 6) is 1.84. The van der Waals surface area contributed by atoms with Crippen LogP contribution in [-0.4, -0.2) is 20.5 Å². The monoisotopic (exact) mass is 484 g/mol. The van der Waals surface area contributed by atoms with Crippen LogP contribution in [0.25, 0.3) is 0 Å². The number of ketones is 1. The summed E-state index contributed by atoms with van der Waals surface area (Å²) in [6.45, 7) is 1.57. The van der Waals surface area contributed by atoms with Crippen molar-refractivity contribution in [1.82, 2.24) is 9.78 Å². The van der Waals surface area contributed by atoms with Crippen molar-refractivity contribution in [3.05, 3.63) is 80.3 Å². The highest BCUT2D eigenvalue weighted by Crippen LogP contribution is 2.17. The van der Waals surface area contributed by atoms with Gasteiger partial charge in [0.25, 0.3) is 11.5 Å². The van der Waals surface area contributed by atoms with Gasteiger partial charge in [0.05, 0.1) is 11.5 Å². The molecule has 1 aliphatic rings. The maximum atomic E-state index is 12.8. The van der Waals surface area contributed by atoms with Gasteiger partial charge in [0.1, 0.15) is 6.54 Å². The van der Waals surface area contributed by atoms with E-state index in [0.717, 1.165) is 54.0 Å². The summed E-state index contributed by atoms with van der Waals surface area (Å²) in [7, 11) is 0. The Kier molecular flexibility index (Phi) is 6.41. The summed E-state index contributed by atoms with van der Waals surface area (Å²) >= 11 is 3.44. The van der Waals surface area contributed by atoms with Gasteiger partial charge in [-0.1, -0.05) is 15.9 Å². The standard InChI is InChI=1S/C22H23BrN5O3/c23-17-7-9-18(10-8-17)24-14-21-25-27(22-4-2-1-3-13-26(21)22)15-20(29)16-5-11-19(12-6-16)28(30)31/h5-12,24H,1-4,13-15H2/q+1. The maximum Gasteiger partial charge on any atom is 0.296 e. The number of carbonyl (C=O) groups excluding carboxylic acids is 1. The van der Waals surface area contributed by atoms with Crippen LogP contribution in [0.4, 0.5) is 11.4 Å². The Morgan fingerprint density at radius 2 is 1.87 bits per heavy atom. The van der Waals surface area contributed by atoms with Crippen LogP contribution in [-0.2, 0) is 26.1 Å². The molecule has 0 spiro atoms. The first-order valence-corrected chi connectivity index (χ1v) is 11.1. The molecule has 0 bridgehead atoms. The van der Waals surface area contributed by atoms with Crippen LogP contribution in [0.1, 0.15) is 41.3 Å². The van der Waals surface area contributed by atoms with Crippen molar-refractivity contribution in [2.75, 3.05) is 5.32 Å². The quantitative estimate of drug-likeness (QED) is 0.236. The minimum atomic E-state index is -0.469. The lowest BCUT2D eigenvalue weighted by atomic mass is 10.1. The number of non-ortho nitro benzene ring substituents is 1. The van der Waals surface area contributed by atoms with Gasteiger partial charge in [0.2, 0.25) is 5.82 Å². The molecule has 0 aliphatic carbocycles. The molecule has 0 amide bonds. The van der Waals surface area contributed by atoms with E-state index in [1.54, 1.807) is 4.68 Å². The Balaban J connectivity index is 1.54. The van der Waals surface area contributed by atoms with Gasteiger partial charge in [0.15, 0.2) is 12.3 Å². The molecule has 2 heterocycles. The molecule has 9 heteroatoms. The average molecular weight is 485 g/mol. The van der Waals surface area contributed by atoms with Crippen LogP contribution in [0.2, 0.25) is 0 Å². The number of carbonyl (C=O) groups is 1. The number of benzene rings is 2. The van der Waals surface area contributed by atoms with Gasteiger partial charge in [0, 0.05) is 39.4 Å². The van der Waals surface area contributed by atoms with E-state index in [2.05, 4.69) is 25.8 Å². The summed E-state index contributed by atoms with van der Waals surface area (Å²) in [5.41, 5.74) is 1.42. The van der Waals surface area contributed by atoms with E-state index in [-0.39, 0.29) is 18.0 Å². The number of nitro benzene ring substituents is 1. The van der Waals surface area contributed by atoms with Crippen LogP contribution >= 0.6 is 15.9 Å². The van der Waals surface area contributed by atoms with Crippen molar-refractivity contribution in [1.29, 1.82) is 0 Å². The number of fused-ring (bicyclic) bond motifs is 1. The highest BCUT2D eigenvalue weighted by Gasteiger charge is 2.28. The Bertz CT molecular complexity index is 1090. The second-order valence-electron chi connectivity index (χ2n) is 7.54. The van der Waals surface area contributed by atoms with Crippen molar-refractivity contribution >= 4 is 33.1 Å². The zero-order valence-electron chi connectivity index (χ0n) is 17.0. The van der Waals surface area contributed by atoms with Crippen LogP contribution < -0.4 is 9.88 Å². The Morgan fingerprint density at radius 1 is 1.13 bits per heavy atom. The number of aromatic nitrogens is 3. The minimum Gasteiger partial charge on any atom is -0.375 e. The fourth-order valence-electron chi connectivity index (χ4n) is 3.79. The van der Waals surface area contributed by atoms with E-state index in [1.165, 1.54) is 24.3 Å². The summed E-state index contributed by atoms with van der Waals surface area (Å²) in [4.78, 5) is 23.2. The molecule has 1 aliphatic heterocycles. The molecule has 0 unspecified atom stereocenters. The molecule has 0 saturated carbocycles. The van der Waals surface area contributed by atoms with Crippen molar-refractivity contribution < 1.29 is 14.3 Å². The van der Waals surface area contributed by atoms with E-state index in [4.69, 9.17) is 5.10 Å². The number of halogens is 1. The second-order valence-corrected chi connectivity index (χ2v) is 8.46. The number of nitrogens with zero attached hydrogens (tertiary/aromatic N) is 4. The molecule has 0 atom stereocenters. The molecular formula is C22H23BrN5O3+. The first kappa shape index (κ1) is 21.2. The number of hydrogen-bond donors (Lipinski definition) is 1. The highest BCUT2D eigenvalue weighted by molar-refractivity contribution is 9.10. The summed E-state index contributed by atoms with van der Waals surface area (Å²) < 4.78 is 5.05. The van der Waals surface area contributed by atoms with Crippen molar-refractivity contribution in [2.45, 2.75) is 45.3 Å². The SMILES string of the molecule is O=C(Cn1nc(CNc2ccc(Br)cc2)[n+]2c1CCCCC2)c1ccc([N+](=O)[O-])cc1. The van der Waals surface area contributed by atoms with Crippen LogP contribution in [0, 0.1) is 10.1 Å². The van der Waals surface area contributed by atoms with Crippen molar-refractivity contribution in [2.24, 2.45) is 0 Å². The number of hydrogen-bond acceptors (Lipinski definition) is 5. The average Bonchev–Trinajstić information content (AvgIpc) is 2.93. The van der Waals surface area contributed by atoms with E-state index in [9.17, 15) is 14.9 Å². The largest absolute Gasteiger partial charge is 0.375 e. The van der Waals surface area contributed by atoms with Gasteiger partial charge in [-0.3, -0.25) is 14.9 Å². The van der Waals surface area contributed by atoms with E-state index >= 15 is 0 Å². The molecule has 3 aromatic rings. The Morgan fingerprint density at radius 3 is 2.58 bits per heavy atom. The molecule has 0 radical (unpaired) electrons. The molecule has 160 valence electrons. The lowest BCUT2D eigenvalue weighted by molar-refractivity contribution is -0.710. The molecule has 2 aromatic carbocycles. The lowest BCUT2D eigenvalue weighted by Gasteiger charge is -2.04. The number of nitro groups is 1. The third-order valence-electron chi connectivity index (χ3n) is 5.43. The predicted molar refractivity (Wildman–Crippen MR) is 119 cm³/mol. The molecule has 4 rings (SSSR count). The van der Waals surface area contributed by atoms with Crippen LogP contribution in [0.5, 0.6) is 0 Å². The zero-order chi connectivity index (χ0) is 21.8. The molecule has 8 nitrogen and oxygen atoms in total. The number of rotatable bonds is 7. The van der Waals surface area contributed by atoms with Crippen molar-refractivity contribution in [3.63, 3.8) is 0 Å². The molecule has 0 fully saturated rings. The summed E-state index contributed by atoms with van der Waals surface area (Å²) in [6.07, 6.45) is 4.18. The van der Waals surface area contributed by atoms with Gasteiger partial charge in [-0.2, -0.15) is 0 Å². The molecule has 1 aromatic heterocycles. The fraction of sp³-hybridized carbons (Fsp3) is 0.318. The van der Waals surface area contributed by atoms with Crippen LogP contribution in [0.15, 0.2) is 53.0 Å². The number of nitrogens with one attached hydrogen (secondary N) is 1. The molecule has 1 N–H and O–H groups in total. The first-order valence-electron chi connectivity index (χ1n) is 10.3. The Hall–Kier alpha value is -3.07. The topological polar surface area (TPSA) is 93.9 Å². The third-order valence-corrected chi connectivity index (χ3v) is 5.96. The Labute approximate surface area is 188 Å². The van der Waals surface area contributed by atoms with E-state index in [0.29, 0.717) is 12.1 Å². The number of anilines is 1. The maximum absolute atomic E-state index is 12.8. The third kappa shape index (κ3) is 4.99. The minimum absolute atomic E-state index is 0.0265. The highest BCUT2D eigenvalue weighted by atomic mass is 79.9. The number of Topliss-reactive ketones (excluding diaryl/α,β-unsaturated/α-hetero) is 1. The molecule has 31 heavy (non-hydrogen) atoms. The van der Waals surface area contributed by atoms with Gasteiger partial charge >= 0.3 is 0 Å². The molecule has 0 saturated heterocycles. The smallest absolute Gasteiger partial charge is 0.296 e. The van der Waals surface area contributed by atoms with Gasteiger partial charge in [-0.25, -0.2) is 4.57 Å². The van der Waals surface area contributed by atoms with E-state index in [1.807, 2.05) is 24.3 Å². The van der Waals surface area contributed by atoms with Gasteiger partial charge in [-0.05, 0) is 55.7 Å². The van der Waals surface area contributed by atoms with Crippen molar-refractivity contribution in [3.8, 4) is 0 Å². The predicted octanol–water partition coefficient (Wildman–Crippen LogP) is 4.06. The summed E-state index contributed by atoms with van der Waals surface area (Å²) in [6, 6.07) is 13.7. The normalized spacial score (nSPS) is 13.3. The fourth-order valence-corrected chi connectivity index (χ4v) is 4.06. The zero-order valence-corrected chi connectivity index (χ0v) is 18.5. The lowest BCUT2D eigenvalue weighted by Crippen LogP contribution is -2.41. The second kappa shape index (κ2) is 9.38. The van der Waals surface area contributed by atoms with Gasteiger partial charge < -0.3 is 5.32 Å². The molecular weight excluding hydrogens is 462 g/mol. The van der Waals surface area contributed by atoms with Crippen LogP contribution in [0.3, 0.4) is 0 Å². The van der Waals surface area contributed by atoms with Gasteiger partial charge in [-0.15, -0.1) is 4.68 Å².